The van der Waals surface area contributed by atoms with Crippen molar-refractivity contribution in [2.24, 2.45) is 0 Å². The first-order chi connectivity index (χ1) is 13.6. The zero-order chi connectivity index (χ0) is 19.7. The first-order valence-corrected chi connectivity index (χ1v) is 11.7. The van der Waals surface area contributed by atoms with Gasteiger partial charge in [0, 0.05) is 41.3 Å². The van der Waals surface area contributed by atoms with Gasteiger partial charge in [-0.05, 0) is 43.2 Å². The lowest BCUT2D eigenvalue weighted by molar-refractivity contribution is 0.623. The number of benzene rings is 1. The lowest BCUT2D eigenvalue weighted by Gasteiger charge is -2.30. The first-order valence-electron chi connectivity index (χ1n) is 9.79. The van der Waals surface area contributed by atoms with Crippen molar-refractivity contribution in [3.8, 4) is 11.3 Å². The van der Waals surface area contributed by atoms with Crippen LogP contribution in [0.25, 0.3) is 16.9 Å². The molecule has 1 aromatic carbocycles. The molecule has 1 unspecified atom stereocenters. The Balaban J connectivity index is 1.90. The summed E-state index contributed by atoms with van der Waals surface area (Å²) in [6.45, 7) is 5.44. The van der Waals surface area contributed by atoms with E-state index in [1.54, 1.807) is 6.07 Å². The van der Waals surface area contributed by atoms with Gasteiger partial charge in [-0.25, -0.2) is 4.98 Å². The molecule has 2 aromatic heterocycles. The van der Waals surface area contributed by atoms with Gasteiger partial charge in [-0.1, -0.05) is 37.0 Å². The van der Waals surface area contributed by atoms with Crippen LogP contribution < -0.4 is 4.90 Å². The Morgan fingerprint density at radius 2 is 2.14 bits per heavy atom. The monoisotopic (exact) mass is 434 g/mol. The van der Waals surface area contributed by atoms with E-state index in [2.05, 4.69) is 28.1 Å². The molecule has 0 N–H and O–H groups in total. The van der Waals surface area contributed by atoms with E-state index in [4.69, 9.17) is 28.2 Å². The van der Waals surface area contributed by atoms with Gasteiger partial charge in [0.15, 0.2) is 5.65 Å². The molecule has 0 saturated carbocycles. The number of hydrogen-bond donors (Lipinski definition) is 0. The predicted molar refractivity (Wildman–Crippen MR) is 121 cm³/mol. The van der Waals surface area contributed by atoms with Crippen LogP contribution >= 0.6 is 35.0 Å². The fourth-order valence-electron chi connectivity index (χ4n) is 3.89. The van der Waals surface area contributed by atoms with Crippen LogP contribution in [0, 0.1) is 0 Å². The van der Waals surface area contributed by atoms with E-state index >= 15 is 0 Å². The summed E-state index contributed by atoms with van der Waals surface area (Å²) in [6.07, 6.45) is 7.08. The van der Waals surface area contributed by atoms with E-state index in [1.165, 1.54) is 23.7 Å². The van der Waals surface area contributed by atoms with Crippen LogP contribution in [0.2, 0.25) is 10.0 Å². The minimum Gasteiger partial charge on any atom is -0.352 e. The Labute approximate surface area is 180 Å². The van der Waals surface area contributed by atoms with Crippen LogP contribution in [0.15, 0.2) is 30.6 Å². The Kier molecular flexibility index (Phi) is 6.04. The van der Waals surface area contributed by atoms with Gasteiger partial charge in [0.2, 0.25) is 0 Å². The fraction of sp³-hybridized carbons (Fsp3) is 0.429. The maximum atomic E-state index is 6.49. The zero-order valence-electron chi connectivity index (χ0n) is 16.2. The Hall–Kier alpha value is -1.43. The highest BCUT2D eigenvalue weighted by atomic mass is 35.5. The van der Waals surface area contributed by atoms with Crippen LogP contribution in [-0.2, 0) is 6.42 Å². The van der Waals surface area contributed by atoms with Gasteiger partial charge in [-0.2, -0.15) is 11.8 Å². The highest BCUT2D eigenvalue weighted by Crippen LogP contribution is 2.35. The fourth-order valence-corrected chi connectivity index (χ4v) is 5.62. The third-order valence-electron chi connectivity index (χ3n) is 5.19. The third-order valence-corrected chi connectivity index (χ3v) is 6.88. The lowest BCUT2D eigenvalue weighted by atomic mass is 10.1. The quantitative estimate of drug-likeness (QED) is 0.477. The Bertz CT molecular complexity index is 982. The summed E-state index contributed by atoms with van der Waals surface area (Å²) < 4.78 is 2.20. The molecule has 3 aromatic rings. The SMILES string of the molecule is CCCN(c1c(CC)nc2c(-c3ccc(Cl)cc3Cl)nccn12)C1CCSC1. The Morgan fingerprint density at radius 1 is 1.29 bits per heavy atom. The molecule has 28 heavy (non-hydrogen) atoms. The highest BCUT2D eigenvalue weighted by Gasteiger charge is 2.28. The molecule has 1 atom stereocenters. The number of nitrogens with zero attached hydrogens (tertiary/aromatic N) is 4. The smallest absolute Gasteiger partial charge is 0.165 e. The number of hydrogen-bond acceptors (Lipinski definition) is 4. The van der Waals surface area contributed by atoms with Crippen LogP contribution in [0.1, 0.15) is 32.4 Å². The zero-order valence-corrected chi connectivity index (χ0v) is 18.5. The largest absolute Gasteiger partial charge is 0.352 e. The second-order valence-corrected chi connectivity index (χ2v) is 9.03. The van der Waals surface area contributed by atoms with Crippen molar-refractivity contribution in [2.45, 2.75) is 39.2 Å². The van der Waals surface area contributed by atoms with Gasteiger partial charge in [0.05, 0.1) is 10.7 Å². The topological polar surface area (TPSA) is 33.4 Å². The molecular weight excluding hydrogens is 411 g/mol. The molecule has 0 amide bonds. The van der Waals surface area contributed by atoms with Gasteiger partial charge in [0.25, 0.3) is 0 Å². The molecule has 4 rings (SSSR count). The molecule has 148 valence electrons. The van der Waals surface area contributed by atoms with Gasteiger partial charge in [-0.15, -0.1) is 0 Å². The number of imidazole rings is 1. The number of fused-ring (bicyclic) bond motifs is 1. The number of anilines is 1. The summed E-state index contributed by atoms with van der Waals surface area (Å²) in [5.74, 6) is 3.62. The first kappa shape index (κ1) is 19.9. The number of aryl methyl sites for hydroxylation is 1. The second-order valence-electron chi connectivity index (χ2n) is 7.04. The maximum Gasteiger partial charge on any atom is 0.165 e. The van der Waals surface area contributed by atoms with Crippen molar-refractivity contribution < 1.29 is 0 Å². The normalized spacial score (nSPS) is 16.8. The molecule has 0 spiro atoms. The van der Waals surface area contributed by atoms with E-state index < -0.39 is 0 Å². The molecular formula is C21H24Cl2N4S. The van der Waals surface area contributed by atoms with E-state index in [0.29, 0.717) is 16.1 Å². The number of rotatable bonds is 6. The molecule has 4 nitrogen and oxygen atoms in total. The molecule has 7 heteroatoms. The van der Waals surface area contributed by atoms with Gasteiger partial charge in [0.1, 0.15) is 11.5 Å². The number of halogens is 2. The van der Waals surface area contributed by atoms with Crippen molar-refractivity contribution in [3.63, 3.8) is 0 Å². The van der Waals surface area contributed by atoms with Crippen molar-refractivity contribution in [1.29, 1.82) is 0 Å². The van der Waals surface area contributed by atoms with E-state index in [-0.39, 0.29) is 0 Å². The van der Waals surface area contributed by atoms with E-state index in [9.17, 15) is 0 Å². The van der Waals surface area contributed by atoms with Gasteiger partial charge < -0.3 is 4.90 Å². The van der Waals surface area contributed by atoms with Gasteiger partial charge >= 0.3 is 0 Å². The van der Waals surface area contributed by atoms with E-state index in [1.807, 2.05) is 36.3 Å². The van der Waals surface area contributed by atoms with Gasteiger partial charge in [-0.3, -0.25) is 9.38 Å². The maximum absolute atomic E-state index is 6.49. The summed E-state index contributed by atoms with van der Waals surface area (Å²) in [6, 6.07) is 6.08. The number of aromatic nitrogens is 3. The van der Waals surface area contributed by atoms with Crippen LogP contribution in [0.4, 0.5) is 5.82 Å². The summed E-state index contributed by atoms with van der Waals surface area (Å²) in [5.41, 5.74) is 3.62. The minimum absolute atomic E-state index is 0.561. The summed E-state index contributed by atoms with van der Waals surface area (Å²) in [4.78, 5) is 12.2. The molecule has 1 aliphatic rings. The average Bonchev–Trinajstić information content (AvgIpc) is 3.34. The molecule has 0 radical (unpaired) electrons. The molecule has 0 bridgehead atoms. The second kappa shape index (κ2) is 8.52. The average molecular weight is 435 g/mol. The van der Waals surface area contributed by atoms with Crippen molar-refractivity contribution in [2.75, 3.05) is 23.0 Å². The van der Waals surface area contributed by atoms with Crippen LogP contribution in [0.5, 0.6) is 0 Å². The standard InChI is InChI=1S/C21H24Cl2N4S/c1-3-9-26(15-7-11-28-13-15)21-18(4-2)25-20-19(24-8-10-27(20)21)16-6-5-14(22)12-17(16)23/h5-6,8,10,12,15H,3-4,7,9,11,13H2,1-2H3. The van der Waals surface area contributed by atoms with Crippen LogP contribution in [-0.4, -0.2) is 38.5 Å². The third kappa shape index (κ3) is 3.60. The molecule has 1 saturated heterocycles. The number of thioether (sulfide) groups is 1. The van der Waals surface area contributed by atoms with Crippen molar-refractivity contribution in [3.05, 3.63) is 46.3 Å². The highest BCUT2D eigenvalue weighted by molar-refractivity contribution is 7.99. The predicted octanol–water partition coefficient (Wildman–Crippen LogP) is 5.99. The van der Waals surface area contributed by atoms with Crippen molar-refractivity contribution in [1.82, 2.24) is 14.4 Å². The van der Waals surface area contributed by atoms with Crippen LogP contribution in [0.3, 0.4) is 0 Å². The summed E-state index contributed by atoms with van der Waals surface area (Å²) >= 11 is 14.6. The summed E-state index contributed by atoms with van der Waals surface area (Å²) in [7, 11) is 0. The van der Waals surface area contributed by atoms with Crippen molar-refractivity contribution >= 4 is 46.4 Å². The van der Waals surface area contributed by atoms with E-state index in [0.717, 1.165) is 42.0 Å². The molecule has 1 aliphatic heterocycles. The molecule has 0 aliphatic carbocycles. The Morgan fingerprint density at radius 3 is 2.82 bits per heavy atom. The minimum atomic E-state index is 0.561. The lowest BCUT2D eigenvalue weighted by Crippen LogP contribution is -2.37. The summed E-state index contributed by atoms with van der Waals surface area (Å²) in [5, 5.41) is 1.21. The molecule has 3 heterocycles. The molecule has 1 fully saturated rings.